The van der Waals surface area contributed by atoms with Crippen molar-refractivity contribution in [3.8, 4) is 0 Å². The van der Waals surface area contributed by atoms with Crippen molar-refractivity contribution < 1.29 is 0 Å². The van der Waals surface area contributed by atoms with Gasteiger partial charge < -0.3 is 4.40 Å². The zero-order chi connectivity index (χ0) is 8.72. The van der Waals surface area contributed by atoms with Crippen LogP contribution in [-0.2, 0) is 0 Å². The fourth-order valence-corrected chi connectivity index (χ4v) is 3.09. The van der Waals surface area contributed by atoms with Crippen LogP contribution < -0.4 is 0 Å². The molecule has 0 saturated carbocycles. The van der Waals surface area contributed by atoms with Crippen molar-refractivity contribution in [2.45, 2.75) is 6.92 Å². The van der Waals surface area contributed by atoms with Gasteiger partial charge in [0.1, 0.15) is 0 Å². The van der Waals surface area contributed by atoms with Gasteiger partial charge >= 0.3 is 0 Å². The van der Waals surface area contributed by atoms with E-state index >= 15 is 0 Å². The van der Waals surface area contributed by atoms with Gasteiger partial charge in [0.25, 0.3) is 0 Å². The highest BCUT2D eigenvalue weighted by atomic mass is 127. The zero-order valence-corrected chi connectivity index (χ0v) is 10.7. The van der Waals surface area contributed by atoms with Crippen LogP contribution in [0.3, 0.4) is 0 Å². The Labute approximate surface area is 97.7 Å². The molecule has 2 rings (SSSR count). The number of aryl methyl sites for hydroxylation is 1. The maximum atomic E-state index is 4.41. The van der Waals surface area contributed by atoms with Crippen molar-refractivity contribution >= 4 is 50.8 Å². The molecule has 0 bridgehead atoms. The largest absolute Gasteiger partial charge is 0.305 e. The lowest BCUT2D eigenvalue weighted by Crippen LogP contribution is -1.87. The van der Waals surface area contributed by atoms with Crippen molar-refractivity contribution in [3.05, 3.63) is 31.3 Å². The van der Waals surface area contributed by atoms with E-state index in [1.807, 2.05) is 13.1 Å². The van der Waals surface area contributed by atoms with Gasteiger partial charge in [0, 0.05) is 16.0 Å². The minimum absolute atomic E-state index is 1.05. The molecule has 2 nitrogen and oxygen atoms in total. The first kappa shape index (κ1) is 8.74. The summed E-state index contributed by atoms with van der Waals surface area (Å²) in [5.74, 6) is 0. The fraction of sp³-hybridized carbons (Fsp3) is 0.125. The molecule has 2 aromatic heterocycles. The van der Waals surface area contributed by atoms with Crippen LogP contribution in [0, 0.1) is 14.1 Å². The number of imidazole rings is 1. The number of nitrogens with zero attached hydrogens (tertiary/aromatic N) is 2. The third-order valence-corrected chi connectivity index (χ3v) is 2.98. The Kier molecular flexibility index (Phi) is 2.28. The van der Waals surface area contributed by atoms with Crippen LogP contribution in [0.5, 0.6) is 0 Å². The first-order valence-corrected chi connectivity index (χ1v) is 5.63. The monoisotopic (exact) mass is 384 g/mol. The van der Waals surface area contributed by atoms with E-state index in [9.17, 15) is 0 Å². The molecule has 0 saturated heterocycles. The molecule has 4 heteroatoms. The second kappa shape index (κ2) is 3.13. The van der Waals surface area contributed by atoms with Crippen molar-refractivity contribution in [2.24, 2.45) is 0 Å². The minimum atomic E-state index is 1.05. The summed E-state index contributed by atoms with van der Waals surface area (Å²) in [6, 6.07) is 2.13. The van der Waals surface area contributed by atoms with Crippen LogP contribution in [0.15, 0.2) is 18.5 Å². The van der Waals surface area contributed by atoms with Crippen molar-refractivity contribution in [1.29, 1.82) is 0 Å². The third-order valence-electron chi connectivity index (χ3n) is 1.59. The lowest BCUT2D eigenvalue weighted by atomic mass is 10.5. The normalized spacial score (nSPS) is 10.9. The molecule has 2 heterocycles. The average molecular weight is 384 g/mol. The van der Waals surface area contributed by atoms with Gasteiger partial charge in [0.05, 0.1) is 9.26 Å². The summed E-state index contributed by atoms with van der Waals surface area (Å²) < 4.78 is 4.51. The molecule has 0 amide bonds. The molecule has 62 valence electrons. The van der Waals surface area contributed by atoms with E-state index in [1.165, 1.54) is 7.14 Å². The topological polar surface area (TPSA) is 17.3 Å². The quantitative estimate of drug-likeness (QED) is 0.639. The van der Waals surface area contributed by atoms with E-state index in [2.05, 4.69) is 66.8 Å². The number of rotatable bonds is 0. The first-order chi connectivity index (χ1) is 5.66. The molecule has 0 fully saturated rings. The smallest absolute Gasteiger partial charge is 0.150 e. The second-order valence-corrected chi connectivity index (χ2v) is 5.03. The van der Waals surface area contributed by atoms with Crippen LogP contribution in [0.4, 0.5) is 0 Å². The lowest BCUT2D eigenvalue weighted by Gasteiger charge is -1.96. The summed E-state index contributed by atoms with van der Waals surface area (Å²) in [6.07, 6.45) is 4.12. The summed E-state index contributed by atoms with van der Waals surface area (Å²) >= 11 is 4.62. The summed E-state index contributed by atoms with van der Waals surface area (Å²) in [5.41, 5.74) is 2.11. The Hall–Kier alpha value is 0.150. The van der Waals surface area contributed by atoms with Gasteiger partial charge in [-0.2, -0.15) is 0 Å². The number of aromatic nitrogens is 2. The Morgan fingerprint density at radius 3 is 2.83 bits per heavy atom. The molecule has 0 atom stereocenters. The standard InChI is InChI=1S/C8H6I2N2/c1-5-3-12-4-6(9)2-7(10)8(12)11-5/h2-4H,1H3. The zero-order valence-electron chi connectivity index (χ0n) is 6.38. The lowest BCUT2D eigenvalue weighted by molar-refractivity contribution is 1.16. The molecule has 0 aliphatic carbocycles. The maximum Gasteiger partial charge on any atom is 0.150 e. The van der Waals surface area contributed by atoms with E-state index in [1.54, 1.807) is 0 Å². The van der Waals surface area contributed by atoms with E-state index < -0.39 is 0 Å². The van der Waals surface area contributed by atoms with Gasteiger partial charge in [-0.15, -0.1) is 0 Å². The highest BCUT2D eigenvalue weighted by Gasteiger charge is 2.02. The van der Waals surface area contributed by atoms with Gasteiger partial charge in [0.15, 0.2) is 5.65 Å². The summed E-state index contributed by atoms with van der Waals surface area (Å²) in [7, 11) is 0. The second-order valence-electron chi connectivity index (χ2n) is 2.62. The SMILES string of the molecule is Cc1cn2cc(I)cc(I)c2n1. The molecule has 2 aromatic rings. The Bertz CT molecular complexity index is 434. The summed E-state index contributed by atoms with van der Waals surface area (Å²) in [6.45, 7) is 2.01. The average Bonchev–Trinajstić information content (AvgIpc) is 2.29. The van der Waals surface area contributed by atoms with Crippen molar-refractivity contribution in [2.75, 3.05) is 0 Å². The van der Waals surface area contributed by atoms with Crippen LogP contribution in [0.25, 0.3) is 5.65 Å². The van der Waals surface area contributed by atoms with Crippen LogP contribution in [0.2, 0.25) is 0 Å². The number of halogens is 2. The van der Waals surface area contributed by atoms with Crippen LogP contribution in [0.1, 0.15) is 5.69 Å². The number of fused-ring (bicyclic) bond motifs is 1. The maximum absolute atomic E-state index is 4.41. The van der Waals surface area contributed by atoms with Crippen LogP contribution >= 0.6 is 45.2 Å². The molecule has 0 radical (unpaired) electrons. The van der Waals surface area contributed by atoms with E-state index in [4.69, 9.17) is 0 Å². The molecule has 0 unspecified atom stereocenters. The first-order valence-electron chi connectivity index (χ1n) is 3.47. The van der Waals surface area contributed by atoms with Crippen molar-refractivity contribution in [3.63, 3.8) is 0 Å². The van der Waals surface area contributed by atoms with E-state index in [0.717, 1.165) is 11.3 Å². The number of pyridine rings is 1. The Morgan fingerprint density at radius 1 is 1.33 bits per heavy atom. The predicted molar refractivity (Wildman–Crippen MR) is 65.4 cm³/mol. The molecular weight excluding hydrogens is 378 g/mol. The Morgan fingerprint density at radius 2 is 2.08 bits per heavy atom. The third kappa shape index (κ3) is 1.46. The molecule has 0 aromatic carbocycles. The summed E-state index contributed by atoms with van der Waals surface area (Å²) in [5, 5.41) is 0. The number of hydrogen-bond acceptors (Lipinski definition) is 1. The Balaban J connectivity index is 2.88. The molecule has 0 aliphatic rings. The fourth-order valence-electron chi connectivity index (χ4n) is 1.15. The summed E-state index contributed by atoms with van der Waals surface area (Å²) in [4.78, 5) is 4.41. The van der Waals surface area contributed by atoms with Gasteiger partial charge in [0.2, 0.25) is 0 Å². The van der Waals surface area contributed by atoms with Gasteiger partial charge in [-0.3, -0.25) is 0 Å². The molecule has 0 N–H and O–H groups in total. The molecule has 0 spiro atoms. The highest BCUT2D eigenvalue weighted by molar-refractivity contribution is 14.1. The molecule has 12 heavy (non-hydrogen) atoms. The molecular formula is C8H6I2N2. The minimum Gasteiger partial charge on any atom is -0.305 e. The molecule has 0 aliphatic heterocycles. The highest BCUT2D eigenvalue weighted by Crippen LogP contribution is 2.16. The van der Waals surface area contributed by atoms with Gasteiger partial charge in [-0.1, -0.05) is 0 Å². The van der Waals surface area contributed by atoms with Gasteiger partial charge in [-0.05, 0) is 58.2 Å². The van der Waals surface area contributed by atoms with Gasteiger partial charge in [-0.25, -0.2) is 4.98 Å². The van der Waals surface area contributed by atoms with E-state index in [0.29, 0.717) is 0 Å². The van der Waals surface area contributed by atoms with Crippen LogP contribution in [-0.4, -0.2) is 9.38 Å². The predicted octanol–water partition coefficient (Wildman–Crippen LogP) is 2.85. The number of hydrogen-bond donors (Lipinski definition) is 0. The van der Waals surface area contributed by atoms with E-state index in [-0.39, 0.29) is 0 Å². The van der Waals surface area contributed by atoms with Crippen molar-refractivity contribution in [1.82, 2.24) is 9.38 Å².